The third-order valence-electron chi connectivity index (χ3n) is 3.45. The van der Waals surface area contributed by atoms with Crippen LogP contribution in [0.4, 0.5) is 11.4 Å². The van der Waals surface area contributed by atoms with Gasteiger partial charge in [0.1, 0.15) is 11.5 Å². The predicted molar refractivity (Wildman–Crippen MR) is 102 cm³/mol. The maximum absolute atomic E-state index is 12.3. The molecule has 1 amide bonds. The maximum atomic E-state index is 12.3. The molecule has 0 aliphatic rings. The molecule has 26 heavy (non-hydrogen) atoms. The molecule has 0 radical (unpaired) electrons. The topological polar surface area (TPSA) is 81.5 Å². The molecule has 0 aliphatic heterocycles. The second-order valence-corrected chi connectivity index (χ2v) is 6.26. The van der Waals surface area contributed by atoms with Gasteiger partial charge in [0.15, 0.2) is 0 Å². The molecule has 6 nitrogen and oxygen atoms in total. The number of halogens is 1. The molecule has 0 atom stereocenters. The Kier molecular flexibility index (Phi) is 5.28. The standard InChI is InChI=1S/C19H13BrN2O4/c20-14-8-6-13(7-9-14)19(23)21-15-10-16(22(24)25)12-18(11-15)26-17-4-2-1-3-5-17/h1-12H,(H,21,23). The molecule has 0 heterocycles. The molecule has 130 valence electrons. The number of hydrogen-bond acceptors (Lipinski definition) is 4. The van der Waals surface area contributed by atoms with Gasteiger partial charge in [-0.15, -0.1) is 0 Å². The highest BCUT2D eigenvalue weighted by Gasteiger charge is 2.14. The number of nitrogens with one attached hydrogen (secondary N) is 1. The molecule has 0 saturated heterocycles. The fourth-order valence-corrected chi connectivity index (χ4v) is 2.51. The summed E-state index contributed by atoms with van der Waals surface area (Å²) in [6.45, 7) is 0. The molecule has 3 aromatic rings. The van der Waals surface area contributed by atoms with Crippen LogP contribution < -0.4 is 10.1 Å². The van der Waals surface area contributed by atoms with E-state index in [1.54, 1.807) is 48.5 Å². The molecule has 0 spiro atoms. The average molecular weight is 413 g/mol. The van der Waals surface area contributed by atoms with Crippen LogP contribution in [0.1, 0.15) is 10.4 Å². The Morgan fingerprint density at radius 1 is 0.962 bits per heavy atom. The number of nitro groups is 1. The quantitative estimate of drug-likeness (QED) is 0.449. The maximum Gasteiger partial charge on any atom is 0.275 e. The molecule has 3 rings (SSSR count). The van der Waals surface area contributed by atoms with Gasteiger partial charge >= 0.3 is 0 Å². The highest BCUT2D eigenvalue weighted by molar-refractivity contribution is 9.10. The molecule has 0 aromatic heterocycles. The van der Waals surface area contributed by atoms with E-state index >= 15 is 0 Å². The highest BCUT2D eigenvalue weighted by atomic mass is 79.9. The van der Waals surface area contributed by atoms with Crippen molar-refractivity contribution in [3.63, 3.8) is 0 Å². The Morgan fingerprint density at radius 2 is 1.65 bits per heavy atom. The van der Waals surface area contributed by atoms with Crippen molar-refractivity contribution >= 4 is 33.2 Å². The van der Waals surface area contributed by atoms with Crippen LogP contribution in [0, 0.1) is 10.1 Å². The van der Waals surface area contributed by atoms with Crippen LogP contribution in [-0.2, 0) is 0 Å². The summed E-state index contributed by atoms with van der Waals surface area (Å²) in [5.41, 5.74) is 0.535. The first kappa shape index (κ1) is 17.6. The average Bonchev–Trinajstić information content (AvgIpc) is 2.63. The molecular weight excluding hydrogens is 400 g/mol. The zero-order chi connectivity index (χ0) is 18.5. The van der Waals surface area contributed by atoms with Gasteiger partial charge < -0.3 is 10.1 Å². The fraction of sp³-hybridized carbons (Fsp3) is 0. The summed E-state index contributed by atoms with van der Waals surface area (Å²) in [7, 11) is 0. The Bertz CT molecular complexity index is 944. The number of nitrogens with zero attached hydrogens (tertiary/aromatic N) is 1. The highest BCUT2D eigenvalue weighted by Crippen LogP contribution is 2.30. The van der Waals surface area contributed by atoms with E-state index < -0.39 is 4.92 Å². The second-order valence-electron chi connectivity index (χ2n) is 5.35. The number of para-hydroxylation sites is 1. The van der Waals surface area contributed by atoms with Gasteiger partial charge in [-0.3, -0.25) is 14.9 Å². The van der Waals surface area contributed by atoms with Crippen molar-refractivity contribution < 1.29 is 14.5 Å². The van der Waals surface area contributed by atoms with Crippen molar-refractivity contribution in [1.29, 1.82) is 0 Å². The van der Waals surface area contributed by atoms with E-state index in [-0.39, 0.29) is 23.0 Å². The second kappa shape index (κ2) is 7.79. The minimum atomic E-state index is -0.535. The monoisotopic (exact) mass is 412 g/mol. The van der Waals surface area contributed by atoms with Gasteiger partial charge in [0.25, 0.3) is 11.6 Å². The first-order chi connectivity index (χ1) is 12.5. The molecule has 7 heteroatoms. The number of ether oxygens (including phenoxy) is 1. The van der Waals surface area contributed by atoms with E-state index in [1.807, 2.05) is 6.07 Å². The van der Waals surface area contributed by atoms with Gasteiger partial charge in [-0.1, -0.05) is 34.1 Å². The number of benzene rings is 3. The van der Waals surface area contributed by atoms with Crippen molar-refractivity contribution in [2.75, 3.05) is 5.32 Å². The predicted octanol–water partition coefficient (Wildman–Crippen LogP) is 5.40. The van der Waals surface area contributed by atoms with Crippen LogP contribution in [0.2, 0.25) is 0 Å². The summed E-state index contributed by atoms with van der Waals surface area (Å²) in [6.07, 6.45) is 0. The number of carbonyl (C=O) groups is 1. The number of anilines is 1. The summed E-state index contributed by atoms with van der Waals surface area (Å²) in [5.74, 6) is 0.429. The van der Waals surface area contributed by atoms with Crippen molar-refractivity contribution in [2.45, 2.75) is 0 Å². The van der Waals surface area contributed by atoms with Crippen LogP contribution in [0.5, 0.6) is 11.5 Å². The van der Waals surface area contributed by atoms with Gasteiger partial charge in [0.05, 0.1) is 16.7 Å². The van der Waals surface area contributed by atoms with Gasteiger partial charge in [0.2, 0.25) is 0 Å². The number of non-ortho nitro benzene ring substituents is 1. The Morgan fingerprint density at radius 3 is 2.31 bits per heavy atom. The molecule has 3 aromatic carbocycles. The van der Waals surface area contributed by atoms with Crippen LogP contribution in [0.3, 0.4) is 0 Å². The first-order valence-corrected chi connectivity index (χ1v) is 8.40. The van der Waals surface area contributed by atoms with E-state index in [4.69, 9.17) is 4.74 Å². The number of carbonyl (C=O) groups excluding carboxylic acids is 1. The minimum Gasteiger partial charge on any atom is -0.457 e. The molecule has 0 aliphatic carbocycles. The van der Waals surface area contributed by atoms with Crippen molar-refractivity contribution in [3.05, 3.63) is 92.9 Å². The normalized spacial score (nSPS) is 10.2. The molecular formula is C19H13BrN2O4. The smallest absolute Gasteiger partial charge is 0.275 e. The zero-order valence-electron chi connectivity index (χ0n) is 13.4. The molecule has 1 N–H and O–H groups in total. The first-order valence-electron chi connectivity index (χ1n) is 7.60. The van der Waals surface area contributed by atoms with Gasteiger partial charge in [-0.2, -0.15) is 0 Å². The van der Waals surface area contributed by atoms with Gasteiger partial charge in [-0.25, -0.2) is 0 Å². The van der Waals surface area contributed by atoms with Crippen LogP contribution in [0.15, 0.2) is 77.3 Å². The van der Waals surface area contributed by atoms with Crippen LogP contribution in [0.25, 0.3) is 0 Å². The zero-order valence-corrected chi connectivity index (χ0v) is 15.0. The lowest BCUT2D eigenvalue weighted by molar-refractivity contribution is -0.384. The lowest BCUT2D eigenvalue weighted by atomic mass is 10.2. The van der Waals surface area contributed by atoms with E-state index in [2.05, 4.69) is 21.2 Å². The number of nitro benzene ring substituents is 1. The lowest BCUT2D eigenvalue weighted by Crippen LogP contribution is -2.12. The van der Waals surface area contributed by atoms with E-state index in [0.717, 1.165) is 4.47 Å². The van der Waals surface area contributed by atoms with E-state index in [9.17, 15) is 14.9 Å². The molecule has 0 fully saturated rings. The third kappa shape index (κ3) is 4.46. The number of amides is 1. The van der Waals surface area contributed by atoms with Crippen molar-refractivity contribution in [3.8, 4) is 11.5 Å². The fourth-order valence-electron chi connectivity index (χ4n) is 2.25. The molecule has 0 unspecified atom stereocenters. The largest absolute Gasteiger partial charge is 0.457 e. The van der Waals surface area contributed by atoms with E-state index in [0.29, 0.717) is 11.3 Å². The Hall–Kier alpha value is -3.19. The number of rotatable bonds is 5. The third-order valence-corrected chi connectivity index (χ3v) is 3.97. The van der Waals surface area contributed by atoms with Crippen molar-refractivity contribution in [1.82, 2.24) is 0 Å². The van der Waals surface area contributed by atoms with Gasteiger partial charge in [0, 0.05) is 22.2 Å². The van der Waals surface area contributed by atoms with Crippen LogP contribution >= 0.6 is 15.9 Å². The Labute approximate surface area is 157 Å². The minimum absolute atomic E-state index is 0.176. The van der Waals surface area contributed by atoms with Gasteiger partial charge in [-0.05, 0) is 36.4 Å². The molecule has 0 bridgehead atoms. The summed E-state index contributed by atoms with van der Waals surface area (Å²) >= 11 is 3.30. The van der Waals surface area contributed by atoms with E-state index in [1.165, 1.54) is 18.2 Å². The summed E-state index contributed by atoms with van der Waals surface area (Å²) in [5, 5.41) is 13.8. The molecule has 0 saturated carbocycles. The van der Waals surface area contributed by atoms with Crippen molar-refractivity contribution in [2.24, 2.45) is 0 Å². The number of hydrogen-bond donors (Lipinski definition) is 1. The summed E-state index contributed by atoms with van der Waals surface area (Å²) in [4.78, 5) is 23.0. The van der Waals surface area contributed by atoms with Crippen LogP contribution in [-0.4, -0.2) is 10.8 Å². The SMILES string of the molecule is O=C(Nc1cc(Oc2ccccc2)cc([N+](=O)[O-])c1)c1ccc(Br)cc1. The lowest BCUT2D eigenvalue weighted by Gasteiger charge is -2.09. The summed E-state index contributed by atoms with van der Waals surface area (Å²) < 4.78 is 6.50. The summed E-state index contributed by atoms with van der Waals surface area (Å²) in [6, 6.07) is 19.8. The Balaban J connectivity index is 1.87.